The molecule has 1 N–H and O–H groups in total. The monoisotopic (exact) mass is 306 g/mol. The lowest BCUT2D eigenvalue weighted by Gasteiger charge is -2.00. The first kappa shape index (κ1) is 13.7. The molecule has 0 aliphatic rings. The van der Waals surface area contributed by atoms with Crippen LogP contribution in [0.1, 0.15) is 11.5 Å². The van der Waals surface area contributed by atoms with Gasteiger partial charge in [-0.05, 0) is 36.4 Å². The molecule has 0 saturated heterocycles. The Morgan fingerprint density at radius 2 is 1.83 bits per heavy atom. The summed E-state index contributed by atoms with van der Waals surface area (Å²) in [6.07, 6.45) is 2.61. The van der Waals surface area contributed by atoms with Crippen LogP contribution in [0.25, 0.3) is 22.4 Å². The van der Waals surface area contributed by atoms with Gasteiger partial charge in [0.1, 0.15) is 17.5 Å². The molecule has 0 spiro atoms. The third-order valence-electron chi connectivity index (χ3n) is 3.82. The molecule has 4 nitrogen and oxygen atoms in total. The van der Waals surface area contributed by atoms with E-state index < -0.39 is 0 Å². The van der Waals surface area contributed by atoms with Crippen LogP contribution in [0, 0.1) is 5.82 Å². The summed E-state index contributed by atoms with van der Waals surface area (Å²) in [5.74, 6) is 1.46. The van der Waals surface area contributed by atoms with Crippen LogP contribution < -0.4 is 0 Å². The number of hydrogen-bond acceptors (Lipinski definition) is 2. The average molecular weight is 306 g/mol. The van der Waals surface area contributed by atoms with Crippen molar-refractivity contribution in [3.05, 3.63) is 72.1 Å². The molecular weight excluding hydrogens is 291 g/mol. The molecule has 114 valence electrons. The van der Waals surface area contributed by atoms with E-state index in [9.17, 15) is 4.39 Å². The number of nitrogens with one attached hydrogen (secondary N) is 1. The van der Waals surface area contributed by atoms with Crippen LogP contribution in [0.5, 0.6) is 0 Å². The Hall–Kier alpha value is -2.95. The molecule has 0 bridgehead atoms. The van der Waals surface area contributed by atoms with Gasteiger partial charge in [-0.15, -0.1) is 0 Å². The van der Waals surface area contributed by atoms with E-state index in [4.69, 9.17) is 0 Å². The van der Waals surface area contributed by atoms with Gasteiger partial charge in [-0.2, -0.15) is 0 Å². The minimum Gasteiger partial charge on any atom is -0.342 e. The number of H-pyrrole nitrogens is 1. The average Bonchev–Trinajstić information content (AvgIpc) is 3.11. The number of aromatic amines is 1. The van der Waals surface area contributed by atoms with Crippen LogP contribution in [0.3, 0.4) is 0 Å². The molecule has 0 saturated carbocycles. The van der Waals surface area contributed by atoms with Gasteiger partial charge in [0.2, 0.25) is 0 Å². The number of aryl methyl sites for hydroxylation is 1. The first-order chi connectivity index (χ1) is 11.2. The quantitative estimate of drug-likeness (QED) is 0.627. The van der Waals surface area contributed by atoms with Crippen LogP contribution in [-0.2, 0) is 13.5 Å². The van der Waals surface area contributed by atoms with Gasteiger partial charge in [0.15, 0.2) is 0 Å². The lowest BCUT2D eigenvalue weighted by molar-refractivity contribution is 0.628. The van der Waals surface area contributed by atoms with E-state index in [2.05, 4.69) is 15.0 Å². The van der Waals surface area contributed by atoms with Gasteiger partial charge < -0.3 is 9.55 Å². The highest BCUT2D eigenvalue weighted by Crippen LogP contribution is 2.20. The van der Waals surface area contributed by atoms with Crippen molar-refractivity contribution in [1.82, 2.24) is 19.5 Å². The Balaban J connectivity index is 1.65. The summed E-state index contributed by atoms with van der Waals surface area (Å²) in [6.45, 7) is 0. The van der Waals surface area contributed by atoms with E-state index in [0.717, 1.165) is 33.9 Å². The maximum absolute atomic E-state index is 13.1. The third-order valence-corrected chi connectivity index (χ3v) is 3.82. The summed E-state index contributed by atoms with van der Waals surface area (Å²) in [7, 11) is 1.94. The summed E-state index contributed by atoms with van der Waals surface area (Å²) >= 11 is 0. The molecule has 2 heterocycles. The predicted octanol–water partition coefficient (Wildman–Crippen LogP) is 3.69. The first-order valence-corrected chi connectivity index (χ1v) is 7.41. The minimum atomic E-state index is -0.245. The maximum atomic E-state index is 13.1. The normalized spacial score (nSPS) is 11.2. The van der Waals surface area contributed by atoms with Crippen molar-refractivity contribution in [2.75, 3.05) is 0 Å². The van der Waals surface area contributed by atoms with Gasteiger partial charge in [-0.1, -0.05) is 12.1 Å². The zero-order valence-electron chi connectivity index (χ0n) is 12.6. The van der Waals surface area contributed by atoms with E-state index in [1.165, 1.54) is 12.1 Å². The molecule has 5 heteroatoms. The smallest absolute Gasteiger partial charge is 0.139 e. The molecule has 0 aliphatic carbocycles. The Morgan fingerprint density at radius 3 is 2.61 bits per heavy atom. The highest BCUT2D eigenvalue weighted by atomic mass is 19.1. The second-order valence-electron chi connectivity index (χ2n) is 5.55. The highest BCUT2D eigenvalue weighted by Gasteiger charge is 2.10. The van der Waals surface area contributed by atoms with Crippen molar-refractivity contribution in [1.29, 1.82) is 0 Å². The fraction of sp³-hybridized carbons (Fsp3) is 0.111. The van der Waals surface area contributed by atoms with Crippen molar-refractivity contribution in [3.63, 3.8) is 0 Å². The Bertz CT molecular complexity index is 933. The molecule has 0 amide bonds. The SMILES string of the molecule is Cn1cc(Cc2nc3ccccc3[nH]2)nc1-c1ccc(F)cc1. The molecule has 0 radical (unpaired) electrons. The van der Waals surface area contributed by atoms with Gasteiger partial charge in [0, 0.05) is 25.2 Å². The summed E-state index contributed by atoms with van der Waals surface area (Å²) < 4.78 is 15.0. The van der Waals surface area contributed by atoms with Crippen LogP contribution in [-0.4, -0.2) is 19.5 Å². The molecule has 2 aromatic heterocycles. The van der Waals surface area contributed by atoms with E-state index in [1.54, 1.807) is 12.1 Å². The number of imidazole rings is 2. The minimum absolute atomic E-state index is 0.245. The zero-order chi connectivity index (χ0) is 15.8. The Labute approximate surface area is 132 Å². The number of nitrogens with zero attached hydrogens (tertiary/aromatic N) is 3. The lowest BCUT2D eigenvalue weighted by atomic mass is 10.2. The van der Waals surface area contributed by atoms with E-state index in [1.807, 2.05) is 42.1 Å². The van der Waals surface area contributed by atoms with Crippen LogP contribution in [0.15, 0.2) is 54.7 Å². The van der Waals surface area contributed by atoms with Gasteiger partial charge in [-0.25, -0.2) is 14.4 Å². The molecule has 0 aliphatic heterocycles. The Morgan fingerprint density at radius 1 is 1.04 bits per heavy atom. The van der Waals surface area contributed by atoms with Crippen molar-refractivity contribution in [3.8, 4) is 11.4 Å². The molecule has 2 aromatic carbocycles. The number of fused-ring (bicyclic) bond motifs is 1. The summed E-state index contributed by atoms with van der Waals surface area (Å²) in [6, 6.07) is 14.3. The van der Waals surface area contributed by atoms with E-state index in [-0.39, 0.29) is 5.82 Å². The molecule has 4 aromatic rings. The molecule has 0 fully saturated rings. The number of halogens is 1. The van der Waals surface area contributed by atoms with Crippen molar-refractivity contribution in [2.45, 2.75) is 6.42 Å². The van der Waals surface area contributed by atoms with Crippen molar-refractivity contribution < 1.29 is 4.39 Å². The number of benzene rings is 2. The van der Waals surface area contributed by atoms with E-state index in [0.29, 0.717) is 6.42 Å². The van der Waals surface area contributed by atoms with Crippen molar-refractivity contribution >= 4 is 11.0 Å². The maximum Gasteiger partial charge on any atom is 0.139 e. The molecule has 23 heavy (non-hydrogen) atoms. The fourth-order valence-electron chi connectivity index (χ4n) is 2.74. The standard InChI is InChI=1S/C18H15FN4/c1-23-11-14(20-18(23)12-6-8-13(19)9-7-12)10-17-21-15-4-2-3-5-16(15)22-17/h2-9,11H,10H2,1H3,(H,21,22). The van der Waals surface area contributed by atoms with Gasteiger partial charge >= 0.3 is 0 Å². The second kappa shape index (κ2) is 5.35. The summed E-state index contributed by atoms with van der Waals surface area (Å²) in [5, 5.41) is 0. The lowest BCUT2D eigenvalue weighted by Crippen LogP contribution is -1.91. The molecule has 4 rings (SSSR count). The van der Waals surface area contributed by atoms with Gasteiger partial charge in [0.25, 0.3) is 0 Å². The number of rotatable bonds is 3. The molecule has 0 atom stereocenters. The van der Waals surface area contributed by atoms with Gasteiger partial charge in [-0.3, -0.25) is 0 Å². The van der Waals surface area contributed by atoms with Crippen LogP contribution >= 0.6 is 0 Å². The fourth-order valence-corrected chi connectivity index (χ4v) is 2.74. The topological polar surface area (TPSA) is 46.5 Å². The van der Waals surface area contributed by atoms with Crippen LogP contribution in [0.2, 0.25) is 0 Å². The second-order valence-corrected chi connectivity index (χ2v) is 5.55. The first-order valence-electron chi connectivity index (χ1n) is 7.41. The summed E-state index contributed by atoms with van der Waals surface area (Å²) in [5.41, 5.74) is 3.80. The third kappa shape index (κ3) is 2.61. The van der Waals surface area contributed by atoms with Gasteiger partial charge in [0.05, 0.1) is 16.7 Å². The largest absolute Gasteiger partial charge is 0.342 e. The number of para-hydroxylation sites is 2. The summed E-state index contributed by atoms with van der Waals surface area (Å²) in [4.78, 5) is 12.5. The molecule has 0 unspecified atom stereocenters. The molecular formula is C18H15FN4. The van der Waals surface area contributed by atoms with E-state index >= 15 is 0 Å². The van der Waals surface area contributed by atoms with Crippen LogP contribution in [0.4, 0.5) is 4.39 Å². The number of aromatic nitrogens is 4. The number of hydrogen-bond donors (Lipinski definition) is 1. The predicted molar refractivity (Wildman–Crippen MR) is 87.5 cm³/mol. The Kier molecular flexibility index (Phi) is 3.19. The highest BCUT2D eigenvalue weighted by molar-refractivity contribution is 5.74. The van der Waals surface area contributed by atoms with Crippen molar-refractivity contribution in [2.24, 2.45) is 7.05 Å². The zero-order valence-corrected chi connectivity index (χ0v) is 12.6.